The first-order chi connectivity index (χ1) is 14.9. The van der Waals surface area contributed by atoms with Crippen molar-refractivity contribution in [2.24, 2.45) is 11.8 Å². The maximum Gasteiger partial charge on any atom is 0.325 e. The number of rotatable bonds is 13. The molecule has 0 aromatic heterocycles. The lowest BCUT2D eigenvalue weighted by Gasteiger charge is -2.22. The van der Waals surface area contributed by atoms with Gasteiger partial charge in [-0.05, 0) is 11.8 Å². The Morgan fingerprint density at radius 1 is 0.625 bits per heavy atom. The van der Waals surface area contributed by atoms with Gasteiger partial charge >= 0.3 is 11.9 Å². The second-order valence-corrected chi connectivity index (χ2v) is 7.67. The van der Waals surface area contributed by atoms with E-state index in [1.54, 1.807) is 27.7 Å². The van der Waals surface area contributed by atoms with Gasteiger partial charge in [0.05, 0.1) is 14.2 Å². The zero-order valence-corrected chi connectivity index (χ0v) is 19.4. The molecule has 4 N–H and O–H groups in total. The van der Waals surface area contributed by atoms with Crippen LogP contribution in [0.4, 0.5) is 0 Å². The lowest BCUT2D eigenvalue weighted by atomic mass is 10.0. The summed E-state index contributed by atoms with van der Waals surface area (Å²) in [5.74, 6) is -3.97. The molecule has 12 heteroatoms. The van der Waals surface area contributed by atoms with Crippen molar-refractivity contribution in [1.82, 2.24) is 21.3 Å². The molecule has 0 saturated carbocycles. The maximum absolute atomic E-state index is 12.2. The largest absolute Gasteiger partial charge is 0.468 e. The Morgan fingerprint density at radius 2 is 0.938 bits per heavy atom. The predicted octanol–water partition coefficient (Wildman–Crippen LogP) is -1.37. The Kier molecular flexibility index (Phi) is 13.3. The molecule has 0 aliphatic rings. The Bertz CT molecular complexity index is 635. The first-order valence-corrected chi connectivity index (χ1v) is 10.2. The molecule has 0 radical (unpaired) electrons. The third-order valence-electron chi connectivity index (χ3n) is 4.38. The Labute approximate surface area is 187 Å². The summed E-state index contributed by atoms with van der Waals surface area (Å²) in [4.78, 5) is 71.2. The second-order valence-electron chi connectivity index (χ2n) is 7.67. The summed E-state index contributed by atoms with van der Waals surface area (Å²) in [6, 6.07) is -1.80. The first kappa shape index (κ1) is 28.8. The van der Waals surface area contributed by atoms with Crippen LogP contribution < -0.4 is 21.3 Å². The molecule has 0 aliphatic heterocycles. The third kappa shape index (κ3) is 11.3. The molecule has 0 unspecified atom stereocenters. The fourth-order valence-electron chi connectivity index (χ4n) is 2.47. The number of hydrogen-bond donors (Lipinski definition) is 4. The van der Waals surface area contributed by atoms with Gasteiger partial charge in [0, 0.05) is 12.8 Å². The smallest absolute Gasteiger partial charge is 0.325 e. The van der Waals surface area contributed by atoms with Gasteiger partial charge in [-0.3, -0.25) is 28.8 Å². The standard InChI is InChI=1S/C20H34N4O8/c1-11(2)17(19(29)21-9-15(27)31-5)23-13(25)7-8-14(26)24-18(12(3)4)20(30)22-10-16(28)32-6/h11-12,17-18H,7-10H2,1-6H3,(H,21,29)(H,22,30)(H,23,25)(H,24,26)/t17-,18-/m0/s1. The summed E-state index contributed by atoms with van der Waals surface area (Å²) in [5, 5.41) is 9.83. The molecule has 12 nitrogen and oxygen atoms in total. The van der Waals surface area contributed by atoms with Crippen molar-refractivity contribution < 1.29 is 38.2 Å². The van der Waals surface area contributed by atoms with Crippen LogP contribution in [0, 0.1) is 11.8 Å². The van der Waals surface area contributed by atoms with E-state index in [0.717, 1.165) is 0 Å². The molecule has 0 bridgehead atoms. The van der Waals surface area contributed by atoms with Crippen LogP contribution in [0.1, 0.15) is 40.5 Å². The van der Waals surface area contributed by atoms with E-state index in [1.165, 1.54) is 14.2 Å². The third-order valence-corrected chi connectivity index (χ3v) is 4.38. The highest BCUT2D eigenvalue weighted by molar-refractivity contribution is 5.92. The number of amides is 4. The lowest BCUT2D eigenvalue weighted by Crippen LogP contribution is -2.51. The molecule has 182 valence electrons. The van der Waals surface area contributed by atoms with Crippen LogP contribution in [0.25, 0.3) is 0 Å². The van der Waals surface area contributed by atoms with E-state index in [9.17, 15) is 28.8 Å². The average Bonchev–Trinajstić information content (AvgIpc) is 2.75. The van der Waals surface area contributed by atoms with Crippen LogP contribution >= 0.6 is 0 Å². The van der Waals surface area contributed by atoms with Gasteiger partial charge in [0.2, 0.25) is 23.6 Å². The summed E-state index contributed by atoms with van der Waals surface area (Å²) in [6.45, 7) is 6.22. The van der Waals surface area contributed by atoms with Gasteiger partial charge in [0.15, 0.2) is 0 Å². The van der Waals surface area contributed by atoms with Crippen molar-refractivity contribution >= 4 is 35.6 Å². The number of esters is 2. The van der Waals surface area contributed by atoms with Crippen molar-refractivity contribution in [3.05, 3.63) is 0 Å². The Morgan fingerprint density at radius 3 is 1.19 bits per heavy atom. The van der Waals surface area contributed by atoms with Crippen LogP contribution in [0.3, 0.4) is 0 Å². The quantitative estimate of drug-likeness (QED) is 0.245. The minimum absolute atomic E-state index is 0.214. The highest BCUT2D eigenvalue weighted by Gasteiger charge is 2.27. The summed E-state index contributed by atoms with van der Waals surface area (Å²) < 4.78 is 8.90. The number of ether oxygens (including phenoxy) is 2. The number of hydrogen-bond acceptors (Lipinski definition) is 8. The predicted molar refractivity (Wildman–Crippen MR) is 113 cm³/mol. The minimum Gasteiger partial charge on any atom is -0.468 e. The van der Waals surface area contributed by atoms with Gasteiger partial charge < -0.3 is 30.7 Å². The van der Waals surface area contributed by atoms with E-state index in [1.807, 2.05) is 0 Å². The fraction of sp³-hybridized carbons (Fsp3) is 0.700. The van der Waals surface area contributed by atoms with Crippen molar-refractivity contribution in [3.63, 3.8) is 0 Å². The molecule has 0 aromatic rings. The molecular formula is C20H34N4O8. The molecule has 4 amide bonds. The SMILES string of the molecule is COC(=O)CNC(=O)[C@@H](NC(=O)CCC(=O)N[C@H](C(=O)NCC(=O)OC)C(C)C)C(C)C. The second kappa shape index (κ2) is 14.8. The molecular weight excluding hydrogens is 424 g/mol. The van der Waals surface area contributed by atoms with E-state index < -0.39 is 47.7 Å². The van der Waals surface area contributed by atoms with E-state index in [-0.39, 0.29) is 37.8 Å². The summed E-state index contributed by atoms with van der Waals surface area (Å²) in [6.07, 6.45) is -0.429. The van der Waals surface area contributed by atoms with E-state index in [4.69, 9.17) is 0 Å². The number of methoxy groups -OCH3 is 2. The van der Waals surface area contributed by atoms with Crippen LogP contribution in [0.15, 0.2) is 0 Å². The Balaban J connectivity index is 4.71. The normalized spacial score (nSPS) is 12.4. The maximum atomic E-state index is 12.2. The number of carbonyl (C=O) groups is 6. The van der Waals surface area contributed by atoms with Crippen LogP contribution in [-0.2, 0) is 38.2 Å². The number of nitrogens with one attached hydrogen (secondary N) is 4. The van der Waals surface area contributed by atoms with E-state index in [2.05, 4.69) is 30.7 Å². The summed E-state index contributed by atoms with van der Waals surface area (Å²) in [5.41, 5.74) is 0. The van der Waals surface area contributed by atoms with Gasteiger partial charge in [0.1, 0.15) is 25.2 Å². The zero-order valence-electron chi connectivity index (χ0n) is 19.4. The topological polar surface area (TPSA) is 169 Å². The van der Waals surface area contributed by atoms with Crippen LogP contribution in [-0.4, -0.2) is 75.0 Å². The minimum atomic E-state index is -0.900. The molecule has 0 aliphatic carbocycles. The number of carbonyl (C=O) groups excluding carboxylic acids is 6. The van der Waals surface area contributed by atoms with Gasteiger partial charge in [0.25, 0.3) is 0 Å². The summed E-state index contributed by atoms with van der Waals surface area (Å²) >= 11 is 0. The average molecular weight is 459 g/mol. The van der Waals surface area contributed by atoms with Gasteiger partial charge in [-0.2, -0.15) is 0 Å². The van der Waals surface area contributed by atoms with Gasteiger partial charge in [-0.15, -0.1) is 0 Å². The van der Waals surface area contributed by atoms with Crippen molar-refractivity contribution in [3.8, 4) is 0 Å². The molecule has 2 atom stereocenters. The molecule has 0 aromatic carbocycles. The molecule has 0 heterocycles. The molecule has 32 heavy (non-hydrogen) atoms. The Hall–Kier alpha value is -3.18. The zero-order chi connectivity index (χ0) is 24.8. The highest BCUT2D eigenvalue weighted by Crippen LogP contribution is 2.05. The summed E-state index contributed by atoms with van der Waals surface area (Å²) in [7, 11) is 2.38. The molecule has 0 rings (SSSR count). The molecule has 0 spiro atoms. The van der Waals surface area contributed by atoms with Crippen molar-refractivity contribution in [2.75, 3.05) is 27.3 Å². The monoisotopic (exact) mass is 458 g/mol. The first-order valence-electron chi connectivity index (χ1n) is 10.2. The highest BCUT2D eigenvalue weighted by atomic mass is 16.5. The van der Waals surface area contributed by atoms with E-state index >= 15 is 0 Å². The van der Waals surface area contributed by atoms with Crippen molar-refractivity contribution in [1.29, 1.82) is 0 Å². The fourth-order valence-corrected chi connectivity index (χ4v) is 2.47. The van der Waals surface area contributed by atoms with E-state index in [0.29, 0.717) is 0 Å². The molecule has 0 fully saturated rings. The molecule has 0 saturated heterocycles. The van der Waals surface area contributed by atoms with Crippen molar-refractivity contribution in [2.45, 2.75) is 52.6 Å². The van der Waals surface area contributed by atoms with Crippen LogP contribution in [0.5, 0.6) is 0 Å². The van der Waals surface area contributed by atoms with Gasteiger partial charge in [-0.25, -0.2) is 0 Å². The van der Waals surface area contributed by atoms with Gasteiger partial charge in [-0.1, -0.05) is 27.7 Å². The lowest BCUT2D eigenvalue weighted by molar-refractivity contribution is -0.142. The van der Waals surface area contributed by atoms with Crippen LogP contribution in [0.2, 0.25) is 0 Å².